The number of imidazole rings is 1. The van der Waals surface area contributed by atoms with E-state index in [2.05, 4.69) is 11.5 Å². The Morgan fingerprint density at radius 2 is 2.17 bits per heavy atom. The van der Waals surface area contributed by atoms with Gasteiger partial charge in [-0.05, 0) is 18.6 Å². The predicted octanol–water partition coefficient (Wildman–Crippen LogP) is 0.0304. The fourth-order valence-electron chi connectivity index (χ4n) is 1.79. The van der Waals surface area contributed by atoms with Gasteiger partial charge in [-0.3, -0.25) is 0 Å². The minimum atomic E-state index is -0.256. The second kappa shape index (κ2) is 6.90. The number of hydrogen-bond donors (Lipinski definition) is 0. The van der Waals surface area contributed by atoms with E-state index in [9.17, 15) is 4.39 Å². The largest absolute Gasteiger partial charge is 1.00 e. The average molecular weight is 334 g/mol. The van der Waals surface area contributed by atoms with E-state index in [1.165, 1.54) is 6.07 Å². The van der Waals surface area contributed by atoms with Gasteiger partial charge in [-0.25, -0.2) is 13.5 Å². The third kappa shape index (κ3) is 3.56. The van der Waals surface area contributed by atoms with Crippen LogP contribution in [0, 0.1) is 5.82 Å². The fourth-order valence-corrected chi connectivity index (χ4v) is 2.01. The van der Waals surface area contributed by atoms with Gasteiger partial charge in [0.2, 0.25) is 6.33 Å². The fraction of sp³-hybridized carbons (Fsp3) is 0.308. The van der Waals surface area contributed by atoms with Gasteiger partial charge in [-0.1, -0.05) is 24.6 Å². The van der Waals surface area contributed by atoms with Gasteiger partial charge in [-0.15, -0.1) is 0 Å². The van der Waals surface area contributed by atoms with Crippen LogP contribution in [0.25, 0.3) is 0 Å². The number of rotatable bonds is 4. The summed E-state index contributed by atoms with van der Waals surface area (Å²) in [5.41, 5.74) is 0.536. The zero-order chi connectivity index (χ0) is 12.3. The molecule has 0 atom stereocenters. The van der Waals surface area contributed by atoms with Crippen LogP contribution < -0.4 is 21.5 Å². The number of hydrogen-bond acceptors (Lipinski definition) is 0. The molecule has 0 aliphatic heterocycles. The lowest BCUT2D eigenvalue weighted by Gasteiger charge is -2.02. The number of nitrogens with zero attached hydrogens (tertiary/aromatic N) is 2. The van der Waals surface area contributed by atoms with Crippen molar-refractivity contribution >= 4 is 11.6 Å². The van der Waals surface area contributed by atoms with Crippen LogP contribution in [-0.2, 0) is 13.1 Å². The molecule has 0 N–H and O–H groups in total. The molecule has 0 unspecified atom stereocenters. The summed E-state index contributed by atoms with van der Waals surface area (Å²) in [5, 5.41) is 0.473. The molecule has 2 aromatic rings. The summed E-state index contributed by atoms with van der Waals surface area (Å²) in [7, 11) is 0. The van der Waals surface area contributed by atoms with Gasteiger partial charge in [0.15, 0.2) is 0 Å². The minimum absolute atomic E-state index is 0. The first kappa shape index (κ1) is 15.2. The average Bonchev–Trinajstić information content (AvgIpc) is 2.72. The Kier molecular flexibility index (Phi) is 5.82. The lowest BCUT2D eigenvalue weighted by Crippen LogP contribution is -3.00. The van der Waals surface area contributed by atoms with Crippen LogP contribution in [-0.4, -0.2) is 4.57 Å². The van der Waals surface area contributed by atoms with Crippen LogP contribution in [0.5, 0.6) is 0 Å². The molecule has 1 aromatic carbocycles. The molecular weight excluding hydrogens is 319 g/mol. The Hall–Kier alpha value is -0.870. The van der Waals surface area contributed by atoms with Crippen molar-refractivity contribution in [1.29, 1.82) is 0 Å². The van der Waals surface area contributed by atoms with Crippen molar-refractivity contribution in [1.82, 2.24) is 4.57 Å². The predicted molar refractivity (Wildman–Crippen MR) is 65.4 cm³/mol. The van der Waals surface area contributed by atoms with Crippen molar-refractivity contribution < 1.29 is 25.9 Å². The maximum atomic E-state index is 13.6. The van der Waals surface area contributed by atoms with Gasteiger partial charge < -0.3 is 17.0 Å². The highest BCUT2D eigenvalue weighted by Crippen LogP contribution is 2.18. The van der Waals surface area contributed by atoms with Crippen molar-refractivity contribution in [3.8, 4) is 0 Å². The van der Waals surface area contributed by atoms with Crippen LogP contribution >= 0.6 is 11.6 Å². The molecule has 1 aromatic heterocycles. The summed E-state index contributed by atoms with van der Waals surface area (Å²) in [6.07, 6.45) is 6.96. The Labute approximate surface area is 122 Å². The van der Waals surface area contributed by atoms with Gasteiger partial charge in [-0.2, -0.15) is 0 Å². The van der Waals surface area contributed by atoms with E-state index < -0.39 is 0 Å². The first-order valence-corrected chi connectivity index (χ1v) is 6.06. The highest BCUT2D eigenvalue weighted by Gasteiger charge is 2.11. The van der Waals surface area contributed by atoms with E-state index in [1.807, 2.05) is 23.3 Å². The van der Waals surface area contributed by atoms with E-state index in [0.717, 1.165) is 13.0 Å². The molecule has 0 radical (unpaired) electrons. The molecule has 0 bridgehead atoms. The summed E-state index contributed by atoms with van der Waals surface area (Å²) in [6, 6.07) is 4.77. The molecule has 0 fully saturated rings. The zero-order valence-corrected chi connectivity index (χ0v) is 12.5. The van der Waals surface area contributed by atoms with Crippen molar-refractivity contribution in [3.05, 3.63) is 53.3 Å². The summed E-state index contributed by atoms with van der Waals surface area (Å²) >= 11 is 5.99. The molecule has 2 rings (SSSR count). The lowest BCUT2D eigenvalue weighted by molar-refractivity contribution is -0.688. The van der Waals surface area contributed by atoms with E-state index in [4.69, 9.17) is 11.6 Å². The first-order chi connectivity index (χ1) is 8.20. The Bertz CT molecular complexity index is 493. The molecule has 0 amide bonds. The normalized spacial score (nSPS) is 10.2. The summed E-state index contributed by atoms with van der Waals surface area (Å²) < 4.78 is 17.6. The molecule has 0 saturated carbocycles. The van der Waals surface area contributed by atoms with E-state index in [-0.39, 0.29) is 22.8 Å². The summed E-state index contributed by atoms with van der Waals surface area (Å²) in [5.74, 6) is -0.256. The van der Waals surface area contributed by atoms with Gasteiger partial charge in [0.25, 0.3) is 0 Å². The van der Waals surface area contributed by atoms with Crippen LogP contribution in [0.1, 0.15) is 18.9 Å². The number of aromatic nitrogens is 2. The second-order valence-corrected chi connectivity index (χ2v) is 4.43. The quantitative estimate of drug-likeness (QED) is 0.698. The number of benzene rings is 1. The molecule has 0 spiro atoms. The molecule has 1 heterocycles. The van der Waals surface area contributed by atoms with E-state index in [1.54, 1.807) is 12.1 Å². The van der Waals surface area contributed by atoms with E-state index >= 15 is 0 Å². The third-order valence-electron chi connectivity index (χ3n) is 2.63. The Morgan fingerprint density at radius 1 is 1.39 bits per heavy atom. The molecular formula is C13H15BrClFN2. The van der Waals surface area contributed by atoms with Gasteiger partial charge in [0.05, 0.1) is 11.6 Å². The highest BCUT2D eigenvalue weighted by molar-refractivity contribution is 6.31. The maximum absolute atomic E-state index is 13.6. The van der Waals surface area contributed by atoms with Crippen LogP contribution in [0.15, 0.2) is 36.9 Å². The summed E-state index contributed by atoms with van der Waals surface area (Å²) in [6.45, 7) is 3.55. The third-order valence-corrected chi connectivity index (χ3v) is 2.98. The van der Waals surface area contributed by atoms with Gasteiger partial charge >= 0.3 is 0 Å². The van der Waals surface area contributed by atoms with Gasteiger partial charge in [0.1, 0.15) is 24.8 Å². The molecule has 0 aliphatic rings. The van der Waals surface area contributed by atoms with Crippen LogP contribution in [0.4, 0.5) is 4.39 Å². The molecule has 0 aliphatic carbocycles. The number of halogens is 3. The molecule has 2 nitrogen and oxygen atoms in total. The zero-order valence-electron chi connectivity index (χ0n) is 10.1. The monoisotopic (exact) mass is 332 g/mol. The van der Waals surface area contributed by atoms with Crippen LogP contribution in [0.2, 0.25) is 5.02 Å². The molecule has 5 heteroatoms. The van der Waals surface area contributed by atoms with Crippen molar-refractivity contribution in [2.75, 3.05) is 0 Å². The number of aryl methyl sites for hydroxylation is 1. The Morgan fingerprint density at radius 3 is 2.83 bits per heavy atom. The van der Waals surface area contributed by atoms with Crippen molar-refractivity contribution in [2.24, 2.45) is 0 Å². The molecule has 0 saturated heterocycles. The van der Waals surface area contributed by atoms with Crippen molar-refractivity contribution in [2.45, 2.75) is 26.4 Å². The maximum Gasteiger partial charge on any atom is 0.244 e. The van der Waals surface area contributed by atoms with Gasteiger partial charge in [0, 0.05) is 5.56 Å². The molecule has 18 heavy (non-hydrogen) atoms. The van der Waals surface area contributed by atoms with E-state index in [0.29, 0.717) is 17.1 Å². The SMILES string of the molecule is CCCn1cc[n+](Cc2c(F)cccc2Cl)c1.[Br-]. The lowest BCUT2D eigenvalue weighted by atomic mass is 10.2. The topological polar surface area (TPSA) is 8.81 Å². The summed E-state index contributed by atoms with van der Waals surface area (Å²) in [4.78, 5) is 0. The highest BCUT2D eigenvalue weighted by atomic mass is 79.9. The Balaban J connectivity index is 0.00000162. The second-order valence-electron chi connectivity index (χ2n) is 4.02. The first-order valence-electron chi connectivity index (χ1n) is 5.68. The minimum Gasteiger partial charge on any atom is -1.00 e. The molecule has 98 valence electrons. The van der Waals surface area contributed by atoms with Crippen molar-refractivity contribution in [3.63, 3.8) is 0 Å². The smallest absolute Gasteiger partial charge is 0.244 e. The van der Waals surface area contributed by atoms with Crippen LogP contribution in [0.3, 0.4) is 0 Å². The standard InChI is InChI=1S/C13H15ClFN2.BrH/c1-2-6-16-7-8-17(10-16)9-11-12(14)4-3-5-13(11)15;/h3-5,7-8,10H,2,6,9H2,1H3;1H/q+1;/p-1.